The van der Waals surface area contributed by atoms with Gasteiger partial charge < -0.3 is 10.0 Å². The molecule has 0 aliphatic heterocycles. The Labute approximate surface area is 137 Å². The van der Waals surface area contributed by atoms with Crippen molar-refractivity contribution in [1.82, 2.24) is 9.88 Å². The van der Waals surface area contributed by atoms with Crippen molar-refractivity contribution in [2.24, 2.45) is 5.92 Å². The molecule has 0 radical (unpaired) electrons. The highest BCUT2D eigenvalue weighted by Crippen LogP contribution is 2.20. The largest absolute Gasteiger partial charge is 0.481 e. The monoisotopic (exact) mass is 336 g/mol. The van der Waals surface area contributed by atoms with Crippen LogP contribution < -0.4 is 0 Å². The third kappa shape index (κ3) is 4.35. The first-order valence-electron chi connectivity index (χ1n) is 7.05. The summed E-state index contributed by atoms with van der Waals surface area (Å²) < 4.78 is 13.6. The van der Waals surface area contributed by atoms with Crippen molar-refractivity contribution in [3.05, 3.63) is 51.7 Å². The molecule has 1 unspecified atom stereocenters. The standard InChI is InChI=1S/C16H17FN2O3S/c1-10(16(21)22)9-19(2)15(20)13-8-18-14(23-13)7-11-5-3-4-6-12(11)17/h3-6,8,10H,7,9H2,1-2H3,(H,21,22). The predicted molar refractivity (Wildman–Crippen MR) is 85.1 cm³/mol. The van der Waals surface area contributed by atoms with Crippen LogP contribution in [-0.2, 0) is 11.2 Å². The van der Waals surface area contributed by atoms with E-state index in [0.29, 0.717) is 21.9 Å². The number of halogens is 1. The minimum absolute atomic E-state index is 0.120. The van der Waals surface area contributed by atoms with Gasteiger partial charge in [0.2, 0.25) is 0 Å². The maximum Gasteiger partial charge on any atom is 0.308 e. The smallest absolute Gasteiger partial charge is 0.308 e. The first-order valence-corrected chi connectivity index (χ1v) is 7.86. The Bertz CT molecular complexity index is 717. The molecular weight excluding hydrogens is 319 g/mol. The van der Waals surface area contributed by atoms with Gasteiger partial charge in [-0.25, -0.2) is 9.37 Å². The van der Waals surface area contributed by atoms with Crippen LogP contribution in [0.2, 0.25) is 0 Å². The third-order valence-electron chi connectivity index (χ3n) is 3.38. The maximum absolute atomic E-state index is 13.6. The molecule has 0 aliphatic rings. The van der Waals surface area contributed by atoms with Crippen LogP contribution in [0, 0.1) is 11.7 Å². The van der Waals surface area contributed by atoms with Gasteiger partial charge in [0.05, 0.1) is 17.1 Å². The molecule has 0 saturated carbocycles. The van der Waals surface area contributed by atoms with Crippen LogP contribution in [0.1, 0.15) is 27.2 Å². The number of aromatic nitrogens is 1. The zero-order valence-electron chi connectivity index (χ0n) is 12.8. The zero-order chi connectivity index (χ0) is 17.0. The van der Waals surface area contributed by atoms with E-state index < -0.39 is 11.9 Å². The SMILES string of the molecule is CC(CN(C)C(=O)c1cnc(Cc2ccccc2F)s1)C(=O)O. The summed E-state index contributed by atoms with van der Waals surface area (Å²) in [5, 5.41) is 9.53. The number of carboxylic acids is 1. The highest BCUT2D eigenvalue weighted by molar-refractivity contribution is 7.13. The van der Waals surface area contributed by atoms with Gasteiger partial charge in [0.25, 0.3) is 5.91 Å². The lowest BCUT2D eigenvalue weighted by molar-refractivity contribution is -0.141. The molecule has 1 aromatic heterocycles. The number of benzene rings is 1. The van der Waals surface area contributed by atoms with Crippen molar-refractivity contribution in [2.75, 3.05) is 13.6 Å². The number of hydrogen-bond acceptors (Lipinski definition) is 4. The molecular formula is C16H17FN2O3S. The summed E-state index contributed by atoms with van der Waals surface area (Å²) in [5.41, 5.74) is 0.522. The van der Waals surface area contributed by atoms with E-state index in [-0.39, 0.29) is 18.3 Å². The molecule has 2 rings (SSSR count). The molecule has 5 nitrogen and oxygen atoms in total. The van der Waals surface area contributed by atoms with Crippen LogP contribution in [0.5, 0.6) is 0 Å². The number of carbonyl (C=O) groups is 2. The molecule has 0 saturated heterocycles. The summed E-state index contributed by atoms with van der Waals surface area (Å²) in [6.07, 6.45) is 1.77. The van der Waals surface area contributed by atoms with Crippen LogP contribution in [0.3, 0.4) is 0 Å². The van der Waals surface area contributed by atoms with Crippen molar-refractivity contribution in [3.63, 3.8) is 0 Å². The molecule has 1 N–H and O–H groups in total. The average Bonchev–Trinajstić information content (AvgIpc) is 2.97. The van der Waals surface area contributed by atoms with Crippen molar-refractivity contribution in [2.45, 2.75) is 13.3 Å². The summed E-state index contributed by atoms with van der Waals surface area (Å²) >= 11 is 1.19. The number of amides is 1. The Morgan fingerprint density at radius 3 is 2.74 bits per heavy atom. The van der Waals surface area contributed by atoms with Crippen molar-refractivity contribution < 1.29 is 19.1 Å². The van der Waals surface area contributed by atoms with Crippen LogP contribution in [0.15, 0.2) is 30.5 Å². The summed E-state index contributed by atoms with van der Waals surface area (Å²) in [6.45, 7) is 1.66. The van der Waals surface area contributed by atoms with Crippen molar-refractivity contribution in [1.29, 1.82) is 0 Å². The number of aliphatic carboxylic acids is 1. The predicted octanol–water partition coefficient (Wildman–Crippen LogP) is 2.67. The highest BCUT2D eigenvalue weighted by Gasteiger charge is 2.20. The van der Waals surface area contributed by atoms with Crippen LogP contribution in [0.4, 0.5) is 4.39 Å². The Morgan fingerprint density at radius 2 is 2.09 bits per heavy atom. The molecule has 1 atom stereocenters. The second-order valence-corrected chi connectivity index (χ2v) is 6.43. The van der Waals surface area contributed by atoms with E-state index in [1.54, 1.807) is 32.2 Å². The van der Waals surface area contributed by atoms with Gasteiger partial charge in [0, 0.05) is 20.0 Å². The molecule has 23 heavy (non-hydrogen) atoms. The molecule has 0 aliphatic carbocycles. The fourth-order valence-corrected chi connectivity index (χ4v) is 2.99. The van der Waals surface area contributed by atoms with Gasteiger partial charge >= 0.3 is 5.97 Å². The fraction of sp³-hybridized carbons (Fsp3) is 0.312. The van der Waals surface area contributed by atoms with Gasteiger partial charge in [-0.2, -0.15) is 0 Å². The molecule has 0 fully saturated rings. The molecule has 1 heterocycles. The molecule has 2 aromatic rings. The van der Waals surface area contributed by atoms with E-state index in [1.807, 2.05) is 0 Å². The second kappa shape index (κ2) is 7.32. The summed E-state index contributed by atoms with van der Waals surface area (Å²) in [6, 6.07) is 6.43. The third-order valence-corrected chi connectivity index (χ3v) is 4.37. The average molecular weight is 336 g/mol. The number of nitrogens with zero attached hydrogens (tertiary/aromatic N) is 2. The number of carboxylic acid groups (broad SMARTS) is 1. The lowest BCUT2D eigenvalue weighted by Crippen LogP contribution is -2.33. The number of thiazole rings is 1. The second-order valence-electron chi connectivity index (χ2n) is 5.31. The zero-order valence-corrected chi connectivity index (χ0v) is 13.6. The lowest BCUT2D eigenvalue weighted by Gasteiger charge is -2.18. The Kier molecular flexibility index (Phi) is 5.44. The van der Waals surface area contributed by atoms with Gasteiger partial charge in [-0.15, -0.1) is 11.3 Å². The van der Waals surface area contributed by atoms with E-state index >= 15 is 0 Å². The highest BCUT2D eigenvalue weighted by atomic mass is 32.1. The van der Waals surface area contributed by atoms with E-state index in [1.165, 1.54) is 28.5 Å². The molecule has 1 aromatic carbocycles. The Morgan fingerprint density at radius 1 is 1.39 bits per heavy atom. The fourth-order valence-electron chi connectivity index (χ4n) is 2.06. The summed E-state index contributed by atoms with van der Waals surface area (Å²) in [4.78, 5) is 29.0. The van der Waals surface area contributed by atoms with Crippen LogP contribution >= 0.6 is 11.3 Å². The number of carbonyl (C=O) groups excluding carboxylic acids is 1. The summed E-state index contributed by atoms with van der Waals surface area (Å²) in [7, 11) is 1.55. The van der Waals surface area contributed by atoms with E-state index in [9.17, 15) is 14.0 Å². The number of hydrogen-bond donors (Lipinski definition) is 1. The molecule has 0 spiro atoms. The first-order chi connectivity index (χ1) is 10.9. The normalized spacial score (nSPS) is 12.0. The lowest BCUT2D eigenvalue weighted by atomic mass is 10.1. The van der Waals surface area contributed by atoms with Gasteiger partial charge in [-0.1, -0.05) is 25.1 Å². The van der Waals surface area contributed by atoms with Crippen LogP contribution in [-0.4, -0.2) is 40.5 Å². The van der Waals surface area contributed by atoms with E-state index in [2.05, 4.69) is 4.98 Å². The van der Waals surface area contributed by atoms with Gasteiger partial charge in [-0.3, -0.25) is 9.59 Å². The molecule has 0 bridgehead atoms. The van der Waals surface area contributed by atoms with E-state index in [0.717, 1.165) is 0 Å². The topological polar surface area (TPSA) is 70.5 Å². The number of rotatable bonds is 6. The molecule has 7 heteroatoms. The Balaban J connectivity index is 2.05. The van der Waals surface area contributed by atoms with Gasteiger partial charge in [-0.05, 0) is 11.6 Å². The summed E-state index contributed by atoms with van der Waals surface area (Å²) in [5.74, 6) is -2.18. The van der Waals surface area contributed by atoms with E-state index in [4.69, 9.17) is 5.11 Å². The first kappa shape index (κ1) is 17.1. The van der Waals surface area contributed by atoms with Gasteiger partial charge in [0.15, 0.2) is 0 Å². The maximum atomic E-state index is 13.6. The molecule has 1 amide bonds. The van der Waals surface area contributed by atoms with Crippen LogP contribution in [0.25, 0.3) is 0 Å². The van der Waals surface area contributed by atoms with Crippen molar-refractivity contribution >= 4 is 23.2 Å². The van der Waals surface area contributed by atoms with Crippen molar-refractivity contribution in [3.8, 4) is 0 Å². The minimum atomic E-state index is -0.950. The Hall–Kier alpha value is -2.28. The quantitative estimate of drug-likeness (QED) is 0.880. The van der Waals surface area contributed by atoms with Gasteiger partial charge in [0.1, 0.15) is 10.7 Å². The minimum Gasteiger partial charge on any atom is -0.481 e. The molecule has 122 valence electrons.